The maximum absolute atomic E-state index is 13.4. The van der Waals surface area contributed by atoms with Crippen molar-refractivity contribution >= 4 is 16.9 Å². The van der Waals surface area contributed by atoms with Gasteiger partial charge in [-0.05, 0) is 55.9 Å². The molecule has 2 bridgehead atoms. The molecule has 2 N–H and O–H groups in total. The van der Waals surface area contributed by atoms with Crippen LogP contribution in [0.3, 0.4) is 0 Å². The Morgan fingerprint density at radius 2 is 2.06 bits per heavy atom. The van der Waals surface area contributed by atoms with Crippen LogP contribution in [0.1, 0.15) is 47.8 Å². The van der Waals surface area contributed by atoms with Crippen LogP contribution in [0.15, 0.2) is 24.3 Å². The monoisotopic (exact) mass is 430 g/mol. The molecule has 3 atom stereocenters. The second kappa shape index (κ2) is 6.84. The minimum Gasteiger partial charge on any atom is -0.494 e. The van der Waals surface area contributed by atoms with Crippen molar-refractivity contribution in [3.8, 4) is 23.3 Å². The van der Waals surface area contributed by atoms with E-state index in [1.54, 1.807) is 7.11 Å². The predicted molar refractivity (Wildman–Crippen MR) is 119 cm³/mol. The van der Waals surface area contributed by atoms with Gasteiger partial charge in [0.15, 0.2) is 5.82 Å². The van der Waals surface area contributed by atoms with E-state index in [1.807, 2.05) is 40.8 Å². The van der Waals surface area contributed by atoms with Crippen LogP contribution in [0.2, 0.25) is 0 Å². The van der Waals surface area contributed by atoms with E-state index in [4.69, 9.17) is 15.5 Å². The van der Waals surface area contributed by atoms with Gasteiger partial charge in [-0.3, -0.25) is 4.79 Å². The van der Waals surface area contributed by atoms with Crippen LogP contribution in [0.25, 0.3) is 22.6 Å². The number of carbonyl (C=O) groups excluding carboxylic acids is 1. The Hall–Kier alpha value is -3.31. The molecule has 0 unspecified atom stereocenters. The van der Waals surface area contributed by atoms with Crippen molar-refractivity contribution in [3.05, 3.63) is 35.5 Å². The molecule has 164 valence electrons. The largest absolute Gasteiger partial charge is 0.494 e. The zero-order valence-corrected chi connectivity index (χ0v) is 18.3. The van der Waals surface area contributed by atoms with Crippen molar-refractivity contribution in [2.75, 3.05) is 13.7 Å². The molecule has 1 aromatic carbocycles. The topological polar surface area (TPSA) is 102 Å². The molecule has 3 fully saturated rings. The Morgan fingerprint density at radius 3 is 2.69 bits per heavy atom. The Bertz CT molecular complexity index is 1290. The quantitative estimate of drug-likeness (QED) is 0.686. The first-order valence-corrected chi connectivity index (χ1v) is 11.2. The number of aromatic nitrogens is 3. The number of piperidine rings is 1. The summed E-state index contributed by atoms with van der Waals surface area (Å²) in [6.07, 6.45) is 4.22. The van der Waals surface area contributed by atoms with Crippen molar-refractivity contribution in [2.45, 2.75) is 43.8 Å². The van der Waals surface area contributed by atoms with Gasteiger partial charge in [-0.25, -0.2) is 4.98 Å². The third kappa shape index (κ3) is 2.64. The van der Waals surface area contributed by atoms with E-state index in [1.165, 1.54) is 0 Å². The molecule has 1 aliphatic heterocycles. The van der Waals surface area contributed by atoms with Gasteiger partial charge in [-0.2, -0.15) is 5.26 Å². The zero-order valence-electron chi connectivity index (χ0n) is 18.3. The highest BCUT2D eigenvalue weighted by Crippen LogP contribution is 2.42. The molecule has 3 aliphatic rings. The third-order valence-electron chi connectivity index (χ3n) is 7.49. The number of amides is 1. The number of rotatable bonds is 4. The number of nitrogens with two attached hydrogens (primary N) is 1. The Balaban J connectivity index is 1.45. The number of aryl methyl sites for hydroxylation is 1. The molecule has 2 saturated carbocycles. The highest BCUT2D eigenvalue weighted by molar-refractivity contribution is 6.00. The van der Waals surface area contributed by atoms with E-state index >= 15 is 0 Å². The summed E-state index contributed by atoms with van der Waals surface area (Å²) in [5.41, 5.74) is 10.0. The van der Waals surface area contributed by atoms with Gasteiger partial charge in [0, 0.05) is 37.3 Å². The molecule has 32 heavy (non-hydrogen) atoms. The van der Waals surface area contributed by atoms with Gasteiger partial charge >= 0.3 is 0 Å². The molecule has 1 saturated heterocycles. The van der Waals surface area contributed by atoms with Gasteiger partial charge in [-0.1, -0.05) is 0 Å². The van der Waals surface area contributed by atoms with Crippen LogP contribution in [-0.4, -0.2) is 50.7 Å². The fraction of sp³-hybridized carbons (Fsp3) is 0.458. The molecule has 0 radical (unpaired) electrons. The fourth-order valence-corrected chi connectivity index (χ4v) is 5.71. The van der Waals surface area contributed by atoms with E-state index < -0.39 is 0 Å². The summed E-state index contributed by atoms with van der Waals surface area (Å²) in [6, 6.07) is 10.3. The number of carbonyl (C=O) groups is 1. The number of hydrogen-bond acceptors (Lipinski definition) is 5. The summed E-state index contributed by atoms with van der Waals surface area (Å²) in [5.74, 6) is 1.78. The Morgan fingerprint density at radius 1 is 1.25 bits per heavy atom. The predicted octanol–water partition coefficient (Wildman–Crippen LogP) is 2.82. The maximum atomic E-state index is 13.4. The summed E-state index contributed by atoms with van der Waals surface area (Å²) in [5, 5.41) is 9.54. The Kier molecular flexibility index (Phi) is 4.14. The number of nitrogens with zero attached hydrogens (tertiary/aromatic N) is 5. The number of benzene rings is 1. The second-order valence-electron chi connectivity index (χ2n) is 9.30. The van der Waals surface area contributed by atoms with Crippen molar-refractivity contribution in [2.24, 2.45) is 18.7 Å². The number of imidazole rings is 1. The number of nitriles is 1. The summed E-state index contributed by atoms with van der Waals surface area (Å²) >= 11 is 0. The van der Waals surface area contributed by atoms with Gasteiger partial charge in [0.05, 0.1) is 18.3 Å². The molecular weight excluding hydrogens is 404 g/mol. The molecule has 3 aromatic rings. The van der Waals surface area contributed by atoms with E-state index in [9.17, 15) is 10.1 Å². The SMILES string of the molecule is COc1cc(C(=O)N2C[C@H]3CC[C@@H]2[C@@H]3N)cc2nc(-c3ccc(C#N)n3C3CC3)n(C)c12. The number of ether oxygens (including phenoxy) is 1. The van der Waals surface area contributed by atoms with Crippen LogP contribution in [0.4, 0.5) is 0 Å². The van der Waals surface area contributed by atoms with Crippen molar-refractivity contribution in [1.29, 1.82) is 5.26 Å². The molecule has 2 aliphatic carbocycles. The van der Waals surface area contributed by atoms with E-state index in [0.717, 1.165) is 49.3 Å². The molecule has 8 heteroatoms. The highest BCUT2D eigenvalue weighted by Gasteiger charge is 2.47. The molecule has 6 rings (SSSR count). The second-order valence-corrected chi connectivity index (χ2v) is 9.30. The summed E-state index contributed by atoms with van der Waals surface area (Å²) in [4.78, 5) is 20.2. The molecular formula is C24H26N6O2. The molecule has 1 amide bonds. The molecule has 0 spiro atoms. The van der Waals surface area contributed by atoms with Crippen LogP contribution in [-0.2, 0) is 7.05 Å². The van der Waals surface area contributed by atoms with Gasteiger partial charge in [0.25, 0.3) is 5.91 Å². The minimum absolute atomic E-state index is 0.00632. The van der Waals surface area contributed by atoms with E-state index in [-0.39, 0.29) is 18.0 Å². The van der Waals surface area contributed by atoms with Crippen LogP contribution < -0.4 is 10.5 Å². The van der Waals surface area contributed by atoms with Crippen LogP contribution >= 0.6 is 0 Å². The molecule has 8 nitrogen and oxygen atoms in total. The average molecular weight is 431 g/mol. The minimum atomic E-state index is -0.00632. The van der Waals surface area contributed by atoms with Gasteiger partial charge in [0.2, 0.25) is 0 Å². The zero-order chi connectivity index (χ0) is 22.1. The van der Waals surface area contributed by atoms with Crippen LogP contribution in [0, 0.1) is 17.2 Å². The molecule has 3 heterocycles. The van der Waals surface area contributed by atoms with Gasteiger partial charge < -0.3 is 24.5 Å². The van der Waals surface area contributed by atoms with Crippen molar-refractivity contribution in [3.63, 3.8) is 0 Å². The lowest BCUT2D eigenvalue weighted by atomic mass is 10.1. The van der Waals surface area contributed by atoms with Crippen LogP contribution in [0.5, 0.6) is 5.75 Å². The van der Waals surface area contributed by atoms with Crippen molar-refractivity contribution < 1.29 is 9.53 Å². The summed E-state index contributed by atoms with van der Waals surface area (Å²) < 4.78 is 9.77. The number of hydrogen-bond donors (Lipinski definition) is 1. The lowest BCUT2D eigenvalue weighted by Crippen LogP contribution is -2.41. The smallest absolute Gasteiger partial charge is 0.254 e. The fourth-order valence-electron chi connectivity index (χ4n) is 5.71. The number of fused-ring (bicyclic) bond motifs is 3. The number of likely N-dealkylation sites (tertiary alicyclic amines) is 1. The highest BCUT2D eigenvalue weighted by atomic mass is 16.5. The first kappa shape index (κ1) is 19.4. The normalized spacial score (nSPS) is 24.3. The first-order chi connectivity index (χ1) is 15.5. The summed E-state index contributed by atoms with van der Waals surface area (Å²) in [7, 11) is 3.56. The average Bonchev–Trinajstić information content (AvgIpc) is 3.19. The van der Waals surface area contributed by atoms with E-state index in [2.05, 4.69) is 10.6 Å². The first-order valence-electron chi connectivity index (χ1n) is 11.2. The lowest BCUT2D eigenvalue weighted by molar-refractivity contribution is 0.0700. The molecule has 2 aromatic heterocycles. The standard InChI is InChI=1S/C24H26N6O2/c1-28-22-17(27-23(28)19-8-6-16(11-25)30(19)15-4-5-15)9-14(10-20(22)32-2)24(31)29-12-13-3-7-18(29)21(13)26/h6,8-10,13,15,18,21H,3-5,7,12,26H2,1-2H3/t13-,18-,21-/m1/s1. The Labute approximate surface area is 186 Å². The lowest BCUT2D eigenvalue weighted by Gasteiger charge is -2.27. The van der Waals surface area contributed by atoms with Crippen molar-refractivity contribution in [1.82, 2.24) is 19.0 Å². The van der Waals surface area contributed by atoms with Gasteiger partial charge in [0.1, 0.15) is 23.0 Å². The van der Waals surface area contributed by atoms with E-state index in [0.29, 0.717) is 34.5 Å². The third-order valence-corrected chi connectivity index (χ3v) is 7.49. The van der Waals surface area contributed by atoms with Gasteiger partial charge in [-0.15, -0.1) is 0 Å². The maximum Gasteiger partial charge on any atom is 0.254 e. The summed E-state index contributed by atoms with van der Waals surface area (Å²) in [6.45, 7) is 0.727. The number of methoxy groups -OCH3 is 1.